The van der Waals surface area contributed by atoms with Crippen molar-refractivity contribution in [2.24, 2.45) is 22.6 Å². The first-order valence-corrected chi connectivity index (χ1v) is 12.2. The predicted octanol–water partition coefficient (Wildman–Crippen LogP) is 4.33. The number of nitrogens with zero attached hydrogens (tertiary/aromatic N) is 2. The summed E-state index contributed by atoms with van der Waals surface area (Å²) in [6, 6.07) is 16.9. The van der Waals surface area contributed by atoms with E-state index >= 15 is 0 Å². The Morgan fingerprint density at radius 3 is 2.38 bits per heavy atom. The summed E-state index contributed by atoms with van der Waals surface area (Å²) in [6.07, 6.45) is 2.86. The second-order valence-corrected chi connectivity index (χ2v) is 9.64. The number of nitrogens with two attached hydrogens (primary N) is 1. The lowest BCUT2D eigenvalue weighted by Crippen LogP contribution is -2.61. The Bertz CT molecular complexity index is 1030. The number of carbonyl (C=O) groups is 2. The maximum atomic E-state index is 14.0. The van der Waals surface area contributed by atoms with E-state index in [9.17, 15) is 14.7 Å². The first-order chi connectivity index (χ1) is 16.2. The number of carbonyl (C=O) groups excluding carboxylic acids is 2. The summed E-state index contributed by atoms with van der Waals surface area (Å²) in [5, 5.41) is 11.0. The lowest BCUT2D eigenvalue weighted by Gasteiger charge is -2.32. The number of aliphatic hydroxyl groups excluding tert-OH is 1. The van der Waals surface area contributed by atoms with E-state index in [4.69, 9.17) is 10.7 Å². The summed E-state index contributed by atoms with van der Waals surface area (Å²) in [6.45, 7) is 6.09. The molecule has 3 N–H and O–H groups in total. The van der Waals surface area contributed by atoms with Gasteiger partial charge in [0.2, 0.25) is 5.66 Å². The van der Waals surface area contributed by atoms with Crippen LogP contribution in [0.5, 0.6) is 0 Å². The summed E-state index contributed by atoms with van der Waals surface area (Å²) >= 11 is 0. The number of hydrogen-bond donors (Lipinski definition) is 2. The van der Waals surface area contributed by atoms with Gasteiger partial charge in [0, 0.05) is 24.1 Å². The Balaban J connectivity index is 2.13. The highest BCUT2D eigenvalue weighted by Crippen LogP contribution is 2.33. The molecule has 0 bridgehead atoms. The zero-order valence-corrected chi connectivity index (χ0v) is 20.7. The molecular formula is C28H37N3O3. The molecule has 1 aliphatic rings. The molecule has 0 radical (unpaired) electrons. The van der Waals surface area contributed by atoms with E-state index in [1.54, 1.807) is 7.05 Å². The van der Waals surface area contributed by atoms with Crippen molar-refractivity contribution in [2.45, 2.75) is 64.6 Å². The number of unbranched alkanes of at least 4 members (excludes halogenated alkanes) is 2. The minimum absolute atomic E-state index is 0.145. The first-order valence-electron chi connectivity index (χ1n) is 12.2. The number of benzene rings is 2. The number of fused-ring (bicyclic) bond motifs is 1. The summed E-state index contributed by atoms with van der Waals surface area (Å²) in [5.41, 5.74) is 7.17. The van der Waals surface area contributed by atoms with Crippen molar-refractivity contribution in [1.82, 2.24) is 0 Å². The number of ketones is 1. The fourth-order valence-corrected chi connectivity index (χ4v) is 4.63. The molecule has 0 aromatic heterocycles. The van der Waals surface area contributed by atoms with Crippen LogP contribution in [0.25, 0.3) is 0 Å². The van der Waals surface area contributed by atoms with Gasteiger partial charge in [-0.25, -0.2) is 4.99 Å². The van der Waals surface area contributed by atoms with Gasteiger partial charge in [0.05, 0.1) is 17.5 Å². The molecular weight excluding hydrogens is 426 g/mol. The van der Waals surface area contributed by atoms with Crippen LogP contribution in [0, 0.1) is 11.8 Å². The normalized spacial score (nSPS) is 19.9. The van der Waals surface area contributed by atoms with Gasteiger partial charge in [0.1, 0.15) is 0 Å². The summed E-state index contributed by atoms with van der Waals surface area (Å²) < 4.78 is 0. The lowest BCUT2D eigenvalue weighted by atomic mass is 9.81. The number of amides is 1. The highest BCUT2D eigenvalue weighted by molar-refractivity contribution is 6.26. The molecule has 0 saturated heterocycles. The summed E-state index contributed by atoms with van der Waals surface area (Å²) in [7, 11) is 1.62. The third kappa shape index (κ3) is 5.29. The number of rotatable bonds is 10. The topological polar surface area (TPSA) is 96.0 Å². The van der Waals surface area contributed by atoms with Gasteiger partial charge in [0.25, 0.3) is 5.91 Å². The second kappa shape index (κ2) is 11.1. The lowest BCUT2D eigenvalue weighted by molar-refractivity contribution is -0.139. The van der Waals surface area contributed by atoms with Gasteiger partial charge in [0.15, 0.2) is 5.78 Å². The Hall–Kier alpha value is -2.83. The van der Waals surface area contributed by atoms with Crippen LogP contribution in [-0.2, 0) is 9.59 Å². The van der Waals surface area contributed by atoms with Crippen LogP contribution in [0.4, 0.5) is 5.69 Å². The van der Waals surface area contributed by atoms with E-state index in [1.165, 1.54) is 4.90 Å². The van der Waals surface area contributed by atoms with Crippen molar-refractivity contribution >= 4 is 23.1 Å². The highest BCUT2D eigenvalue weighted by atomic mass is 16.3. The van der Waals surface area contributed by atoms with Gasteiger partial charge in [-0.3, -0.25) is 15.3 Å². The van der Waals surface area contributed by atoms with Crippen molar-refractivity contribution < 1.29 is 14.7 Å². The van der Waals surface area contributed by atoms with Crippen LogP contribution in [-0.4, -0.2) is 41.3 Å². The molecule has 2 aromatic rings. The van der Waals surface area contributed by atoms with Gasteiger partial charge >= 0.3 is 0 Å². The summed E-state index contributed by atoms with van der Waals surface area (Å²) in [4.78, 5) is 33.9. The largest absolute Gasteiger partial charge is 0.392 e. The highest BCUT2D eigenvalue weighted by Gasteiger charge is 2.50. The average Bonchev–Trinajstić information content (AvgIpc) is 2.92. The summed E-state index contributed by atoms with van der Waals surface area (Å²) in [5.74, 6) is -1.75. The number of benzodiazepines with no additional fused rings is 1. The third-order valence-corrected chi connectivity index (χ3v) is 6.49. The second-order valence-electron chi connectivity index (χ2n) is 9.64. The molecule has 6 heteroatoms. The predicted molar refractivity (Wildman–Crippen MR) is 137 cm³/mol. The Morgan fingerprint density at radius 1 is 1.09 bits per heavy atom. The average molecular weight is 464 g/mol. The number of para-hydroxylation sites is 1. The van der Waals surface area contributed by atoms with E-state index in [2.05, 4.69) is 6.92 Å². The van der Waals surface area contributed by atoms with Crippen LogP contribution < -0.4 is 10.6 Å². The maximum absolute atomic E-state index is 14.0. The monoisotopic (exact) mass is 463 g/mol. The Kier molecular flexibility index (Phi) is 8.39. The molecule has 0 spiro atoms. The van der Waals surface area contributed by atoms with Gasteiger partial charge < -0.3 is 10.0 Å². The molecule has 3 atom stereocenters. The van der Waals surface area contributed by atoms with Crippen molar-refractivity contribution in [3.8, 4) is 0 Å². The Labute approximate surface area is 202 Å². The SMILES string of the molecule is CCCCC[C@H](O)[C@@H](CC(C)C)C(=O)C1(N)N=C(c2ccccc2)c2ccccc2N(C)C1=O. The zero-order chi connectivity index (χ0) is 24.9. The fraction of sp³-hybridized carbons (Fsp3) is 0.464. The fourth-order valence-electron chi connectivity index (χ4n) is 4.63. The van der Waals surface area contributed by atoms with Gasteiger partial charge in [-0.05, 0) is 24.8 Å². The molecule has 1 unspecified atom stereocenters. The number of hydrogen-bond acceptors (Lipinski definition) is 5. The van der Waals surface area contributed by atoms with Gasteiger partial charge in [-0.2, -0.15) is 0 Å². The molecule has 3 rings (SSSR count). The minimum Gasteiger partial charge on any atom is -0.392 e. The number of aliphatic imine (C=N–C) groups is 1. The van der Waals surface area contributed by atoms with Gasteiger partial charge in [-0.1, -0.05) is 88.6 Å². The van der Waals surface area contributed by atoms with E-state index < -0.39 is 29.4 Å². The molecule has 1 amide bonds. The quantitative estimate of drug-likeness (QED) is 0.405. The minimum atomic E-state index is -2.13. The maximum Gasteiger partial charge on any atom is 0.277 e. The van der Waals surface area contributed by atoms with Crippen molar-refractivity contribution in [3.05, 3.63) is 65.7 Å². The van der Waals surface area contributed by atoms with Crippen LogP contribution in [0.2, 0.25) is 0 Å². The van der Waals surface area contributed by atoms with Crippen molar-refractivity contribution in [3.63, 3.8) is 0 Å². The van der Waals surface area contributed by atoms with Crippen LogP contribution in [0.1, 0.15) is 64.0 Å². The molecule has 0 aliphatic carbocycles. The number of anilines is 1. The van der Waals surface area contributed by atoms with E-state index in [0.29, 0.717) is 24.2 Å². The molecule has 2 aromatic carbocycles. The first kappa shape index (κ1) is 25.8. The van der Waals surface area contributed by atoms with Gasteiger partial charge in [-0.15, -0.1) is 0 Å². The number of Topliss-reactive ketones (excluding diaryl/α,β-unsaturated/α-hetero) is 1. The molecule has 34 heavy (non-hydrogen) atoms. The number of likely N-dealkylation sites (N-methyl/N-ethyl adjacent to an activating group) is 1. The van der Waals surface area contributed by atoms with Crippen molar-refractivity contribution in [2.75, 3.05) is 11.9 Å². The van der Waals surface area contributed by atoms with E-state index in [-0.39, 0.29) is 5.92 Å². The van der Waals surface area contributed by atoms with Crippen LogP contribution >= 0.6 is 0 Å². The van der Waals surface area contributed by atoms with E-state index in [1.807, 2.05) is 68.4 Å². The molecule has 182 valence electrons. The Morgan fingerprint density at radius 2 is 1.74 bits per heavy atom. The number of aliphatic hydroxyl groups is 1. The molecule has 6 nitrogen and oxygen atoms in total. The third-order valence-electron chi connectivity index (χ3n) is 6.49. The molecule has 0 saturated carbocycles. The standard InChI is InChI=1S/C28H37N3O3/c1-5-6-8-17-24(32)22(18-19(2)3)26(33)28(29)27(34)31(4)23-16-12-11-15-21(23)25(30-28)20-13-9-7-10-14-20/h7,9-16,19,22,24,32H,5-6,8,17-18,29H2,1-4H3/t22-,24+,28?/m1/s1. The molecule has 1 heterocycles. The van der Waals surface area contributed by atoms with E-state index in [0.717, 1.165) is 30.4 Å². The molecule has 0 fully saturated rings. The zero-order valence-electron chi connectivity index (χ0n) is 20.7. The van der Waals surface area contributed by atoms with Crippen LogP contribution in [0.3, 0.4) is 0 Å². The smallest absolute Gasteiger partial charge is 0.277 e. The van der Waals surface area contributed by atoms with Crippen LogP contribution in [0.15, 0.2) is 59.6 Å². The van der Waals surface area contributed by atoms with Crippen molar-refractivity contribution in [1.29, 1.82) is 0 Å². The molecule has 1 aliphatic heterocycles.